The Balaban J connectivity index is 1.73. The third-order valence-corrected chi connectivity index (χ3v) is 4.79. The van der Waals surface area contributed by atoms with Crippen molar-refractivity contribution in [3.63, 3.8) is 0 Å². The number of benzene rings is 2. The van der Waals surface area contributed by atoms with Crippen LogP contribution in [0.3, 0.4) is 0 Å². The maximum Gasteiger partial charge on any atom is 0.161 e. The third kappa shape index (κ3) is 3.16. The molecule has 2 aromatic carbocycles. The van der Waals surface area contributed by atoms with Crippen molar-refractivity contribution in [3.05, 3.63) is 51.5 Å². The van der Waals surface area contributed by atoms with Crippen molar-refractivity contribution in [2.45, 2.75) is 20.4 Å². The van der Waals surface area contributed by atoms with Gasteiger partial charge in [0.05, 0.1) is 0 Å². The largest absolute Gasteiger partial charge is 0.486 e. The average molecular weight is 348 g/mol. The quantitative estimate of drug-likeness (QED) is 0.889. The van der Waals surface area contributed by atoms with Gasteiger partial charge in [-0.05, 0) is 54.8 Å². The van der Waals surface area contributed by atoms with E-state index in [1.165, 1.54) is 21.2 Å². The van der Waals surface area contributed by atoms with Crippen LogP contribution in [0.25, 0.3) is 0 Å². The van der Waals surface area contributed by atoms with Crippen LogP contribution < -0.4 is 14.8 Å². The zero-order chi connectivity index (χ0) is 14.8. The van der Waals surface area contributed by atoms with E-state index in [4.69, 9.17) is 9.47 Å². The van der Waals surface area contributed by atoms with E-state index in [0.717, 1.165) is 23.7 Å². The molecule has 0 unspecified atom stereocenters. The van der Waals surface area contributed by atoms with Crippen molar-refractivity contribution in [2.24, 2.45) is 0 Å². The van der Waals surface area contributed by atoms with Crippen molar-refractivity contribution in [1.82, 2.24) is 0 Å². The molecule has 0 saturated carbocycles. The van der Waals surface area contributed by atoms with E-state index in [9.17, 15) is 0 Å². The average Bonchev–Trinajstić information content (AvgIpc) is 2.50. The van der Waals surface area contributed by atoms with Gasteiger partial charge in [-0.1, -0.05) is 22.0 Å². The predicted molar refractivity (Wildman–Crippen MR) is 88.4 cm³/mol. The highest BCUT2D eigenvalue weighted by Gasteiger charge is 2.11. The molecule has 0 spiro atoms. The maximum absolute atomic E-state index is 5.61. The van der Waals surface area contributed by atoms with Crippen LogP contribution in [-0.4, -0.2) is 13.2 Å². The van der Waals surface area contributed by atoms with Gasteiger partial charge in [-0.25, -0.2) is 0 Å². The maximum atomic E-state index is 5.61. The van der Waals surface area contributed by atoms with Crippen LogP contribution >= 0.6 is 15.9 Å². The lowest BCUT2D eigenvalue weighted by atomic mass is 10.1. The molecule has 0 aromatic heterocycles. The van der Waals surface area contributed by atoms with Crippen LogP contribution in [0.4, 0.5) is 5.69 Å². The lowest BCUT2D eigenvalue weighted by molar-refractivity contribution is 0.171. The number of anilines is 1. The molecule has 0 amide bonds. The number of ether oxygens (including phenoxy) is 2. The minimum Gasteiger partial charge on any atom is -0.486 e. The molecule has 110 valence electrons. The number of hydrogen-bond donors (Lipinski definition) is 1. The smallest absolute Gasteiger partial charge is 0.161 e. The molecule has 0 saturated heterocycles. The monoisotopic (exact) mass is 347 g/mol. The zero-order valence-electron chi connectivity index (χ0n) is 12.2. The molecule has 1 N–H and O–H groups in total. The van der Waals surface area contributed by atoms with Crippen molar-refractivity contribution < 1.29 is 9.47 Å². The van der Waals surface area contributed by atoms with Gasteiger partial charge in [0.1, 0.15) is 13.2 Å². The van der Waals surface area contributed by atoms with Crippen molar-refractivity contribution >= 4 is 21.6 Å². The summed E-state index contributed by atoms with van der Waals surface area (Å²) >= 11 is 3.59. The van der Waals surface area contributed by atoms with Gasteiger partial charge < -0.3 is 14.8 Å². The van der Waals surface area contributed by atoms with Gasteiger partial charge in [0.25, 0.3) is 0 Å². The Morgan fingerprint density at radius 1 is 1.00 bits per heavy atom. The number of aryl methyl sites for hydroxylation is 2. The molecular weight excluding hydrogens is 330 g/mol. The Morgan fingerprint density at radius 3 is 2.38 bits per heavy atom. The Bertz CT molecular complexity index is 647. The SMILES string of the molecule is Cc1cc(NCc2ccc3c(c2)OCCO3)cc(C)c1Br. The molecule has 1 aliphatic heterocycles. The van der Waals surface area contributed by atoms with Crippen LogP contribution in [0.2, 0.25) is 0 Å². The molecule has 3 nitrogen and oxygen atoms in total. The third-order valence-electron chi connectivity index (χ3n) is 3.54. The van der Waals surface area contributed by atoms with E-state index in [1.807, 2.05) is 12.1 Å². The fraction of sp³-hybridized carbons (Fsp3) is 0.294. The number of halogens is 1. The topological polar surface area (TPSA) is 30.5 Å². The van der Waals surface area contributed by atoms with Crippen LogP contribution in [-0.2, 0) is 6.54 Å². The van der Waals surface area contributed by atoms with Crippen molar-refractivity contribution in [3.8, 4) is 11.5 Å². The highest BCUT2D eigenvalue weighted by atomic mass is 79.9. The van der Waals surface area contributed by atoms with Gasteiger partial charge in [0, 0.05) is 16.7 Å². The number of hydrogen-bond acceptors (Lipinski definition) is 3. The standard InChI is InChI=1S/C17H18BrNO2/c1-11-7-14(8-12(2)17(11)18)19-10-13-3-4-15-16(9-13)21-6-5-20-15/h3-4,7-9,19H,5-6,10H2,1-2H3. The highest BCUT2D eigenvalue weighted by molar-refractivity contribution is 9.10. The molecule has 1 heterocycles. The van der Waals surface area contributed by atoms with E-state index in [2.05, 4.69) is 53.3 Å². The normalized spacial score (nSPS) is 13.1. The summed E-state index contributed by atoms with van der Waals surface area (Å²) in [5, 5.41) is 3.46. The summed E-state index contributed by atoms with van der Waals surface area (Å²) in [5.41, 5.74) is 4.78. The summed E-state index contributed by atoms with van der Waals surface area (Å²) in [6, 6.07) is 10.4. The predicted octanol–water partition coefficient (Wildman–Crippen LogP) is 4.45. The Labute approximate surface area is 133 Å². The van der Waals surface area contributed by atoms with E-state index in [1.54, 1.807) is 0 Å². The summed E-state index contributed by atoms with van der Waals surface area (Å²) in [6.45, 7) is 6.22. The second-order valence-electron chi connectivity index (χ2n) is 5.26. The lowest BCUT2D eigenvalue weighted by Crippen LogP contribution is -2.15. The Hall–Kier alpha value is -1.68. The summed E-state index contributed by atoms with van der Waals surface area (Å²) in [4.78, 5) is 0. The zero-order valence-corrected chi connectivity index (χ0v) is 13.8. The van der Waals surface area contributed by atoms with Gasteiger partial charge in [-0.15, -0.1) is 0 Å². The molecule has 4 heteroatoms. The van der Waals surface area contributed by atoms with E-state index < -0.39 is 0 Å². The second-order valence-corrected chi connectivity index (χ2v) is 6.05. The summed E-state index contributed by atoms with van der Waals surface area (Å²) in [5.74, 6) is 1.67. The van der Waals surface area contributed by atoms with E-state index >= 15 is 0 Å². The first-order valence-electron chi connectivity index (χ1n) is 7.02. The van der Waals surface area contributed by atoms with Gasteiger partial charge in [0.2, 0.25) is 0 Å². The molecule has 0 bridgehead atoms. The fourth-order valence-corrected chi connectivity index (χ4v) is 2.68. The fourth-order valence-electron chi connectivity index (χ4n) is 2.45. The molecule has 1 aliphatic rings. The van der Waals surface area contributed by atoms with Crippen LogP contribution in [0.15, 0.2) is 34.8 Å². The van der Waals surface area contributed by atoms with Crippen LogP contribution in [0.5, 0.6) is 11.5 Å². The van der Waals surface area contributed by atoms with Gasteiger partial charge in [0.15, 0.2) is 11.5 Å². The highest BCUT2D eigenvalue weighted by Crippen LogP contribution is 2.31. The molecule has 0 atom stereocenters. The Kier molecular flexibility index (Phi) is 4.06. The van der Waals surface area contributed by atoms with Crippen LogP contribution in [0.1, 0.15) is 16.7 Å². The number of fused-ring (bicyclic) bond motifs is 1. The van der Waals surface area contributed by atoms with Crippen molar-refractivity contribution in [1.29, 1.82) is 0 Å². The molecule has 2 aromatic rings. The first-order valence-corrected chi connectivity index (χ1v) is 7.82. The molecule has 3 rings (SSSR count). The van der Waals surface area contributed by atoms with E-state index in [-0.39, 0.29) is 0 Å². The Morgan fingerprint density at radius 2 is 1.67 bits per heavy atom. The molecule has 0 fully saturated rings. The molecule has 21 heavy (non-hydrogen) atoms. The molecular formula is C17H18BrNO2. The second kappa shape index (κ2) is 5.98. The number of nitrogens with one attached hydrogen (secondary N) is 1. The van der Waals surface area contributed by atoms with Crippen LogP contribution in [0, 0.1) is 13.8 Å². The molecule has 0 aliphatic carbocycles. The first-order chi connectivity index (χ1) is 10.1. The minimum absolute atomic E-state index is 0.620. The first kappa shape index (κ1) is 14.3. The summed E-state index contributed by atoms with van der Waals surface area (Å²) in [6.07, 6.45) is 0. The van der Waals surface area contributed by atoms with Crippen molar-refractivity contribution in [2.75, 3.05) is 18.5 Å². The number of rotatable bonds is 3. The lowest BCUT2D eigenvalue weighted by Gasteiger charge is -2.19. The summed E-state index contributed by atoms with van der Waals surface area (Å²) < 4.78 is 12.3. The van der Waals surface area contributed by atoms with Gasteiger partial charge in [-0.3, -0.25) is 0 Å². The molecule has 0 radical (unpaired) electrons. The van der Waals surface area contributed by atoms with Gasteiger partial charge >= 0.3 is 0 Å². The van der Waals surface area contributed by atoms with Gasteiger partial charge in [-0.2, -0.15) is 0 Å². The van der Waals surface area contributed by atoms with E-state index in [0.29, 0.717) is 13.2 Å². The summed E-state index contributed by atoms with van der Waals surface area (Å²) in [7, 11) is 0. The minimum atomic E-state index is 0.620.